The zero-order chi connectivity index (χ0) is 27.2. The zero-order valence-electron chi connectivity index (χ0n) is 21.1. The Balaban J connectivity index is 1.29. The van der Waals surface area contributed by atoms with E-state index in [0.717, 1.165) is 27.8 Å². The number of esters is 1. The second-order valence-electron chi connectivity index (χ2n) is 9.33. The van der Waals surface area contributed by atoms with Crippen LogP contribution in [0.25, 0.3) is 11.1 Å². The van der Waals surface area contributed by atoms with Crippen LogP contribution in [-0.4, -0.2) is 35.8 Å². The zero-order valence-corrected chi connectivity index (χ0v) is 21.1. The Morgan fingerprint density at radius 1 is 0.744 bits per heavy atom. The molecule has 1 amide bonds. The number of carboxylic acid groups (broad SMARTS) is 1. The summed E-state index contributed by atoms with van der Waals surface area (Å²) in [5.41, 5.74) is 5.84. The maximum Gasteiger partial charge on any atom is 0.407 e. The minimum absolute atomic E-state index is 0.0394. The number of aromatic carboxylic acids is 1. The van der Waals surface area contributed by atoms with E-state index >= 15 is 0 Å². The van der Waals surface area contributed by atoms with Crippen molar-refractivity contribution in [3.8, 4) is 11.1 Å². The summed E-state index contributed by atoms with van der Waals surface area (Å²) >= 11 is 0. The van der Waals surface area contributed by atoms with Gasteiger partial charge in [0, 0.05) is 12.3 Å². The SMILES string of the molecule is O=C(NC(Cc1cccc(C(=O)O)c1)C(=O)OCc1ccccc1)OCC1c2ccccc2-c2ccccc21. The average Bonchev–Trinajstić information content (AvgIpc) is 3.29. The molecule has 1 aliphatic rings. The van der Waals surface area contributed by atoms with Crippen LogP contribution in [-0.2, 0) is 27.3 Å². The van der Waals surface area contributed by atoms with E-state index in [4.69, 9.17) is 9.47 Å². The number of ether oxygens (including phenoxy) is 2. The fourth-order valence-corrected chi connectivity index (χ4v) is 4.87. The summed E-state index contributed by atoms with van der Waals surface area (Å²) < 4.78 is 11.1. The minimum atomic E-state index is -1.08. The van der Waals surface area contributed by atoms with E-state index < -0.39 is 24.1 Å². The van der Waals surface area contributed by atoms with Gasteiger partial charge in [-0.05, 0) is 45.5 Å². The van der Waals surface area contributed by atoms with Gasteiger partial charge in [0.1, 0.15) is 19.3 Å². The molecule has 0 bridgehead atoms. The number of alkyl carbamates (subject to hydrolysis) is 1. The van der Waals surface area contributed by atoms with Crippen molar-refractivity contribution in [2.24, 2.45) is 0 Å². The van der Waals surface area contributed by atoms with Crippen LogP contribution in [0.1, 0.15) is 38.5 Å². The summed E-state index contributed by atoms with van der Waals surface area (Å²) in [7, 11) is 0. The molecular formula is C32H27NO6. The van der Waals surface area contributed by atoms with Gasteiger partial charge in [0.15, 0.2) is 0 Å². The predicted molar refractivity (Wildman–Crippen MR) is 145 cm³/mol. The van der Waals surface area contributed by atoms with E-state index in [0.29, 0.717) is 5.56 Å². The molecule has 0 saturated carbocycles. The normalized spacial score (nSPS) is 12.6. The molecule has 4 aromatic rings. The van der Waals surface area contributed by atoms with Crippen molar-refractivity contribution in [3.63, 3.8) is 0 Å². The van der Waals surface area contributed by atoms with Crippen molar-refractivity contribution in [2.75, 3.05) is 6.61 Å². The van der Waals surface area contributed by atoms with Gasteiger partial charge >= 0.3 is 18.0 Å². The first-order valence-electron chi connectivity index (χ1n) is 12.6. The number of carboxylic acids is 1. The summed E-state index contributed by atoms with van der Waals surface area (Å²) in [5.74, 6) is -1.85. The molecule has 0 heterocycles. The van der Waals surface area contributed by atoms with Gasteiger partial charge < -0.3 is 19.9 Å². The molecule has 1 unspecified atom stereocenters. The highest BCUT2D eigenvalue weighted by molar-refractivity contribution is 5.88. The summed E-state index contributed by atoms with van der Waals surface area (Å²) in [6.07, 6.45) is -0.716. The van der Waals surface area contributed by atoms with E-state index in [2.05, 4.69) is 17.4 Å². The fourth-order valence-electron chi connectivity index (χ4n) is 4.87. The van der Waals surface area contributed by atoms with E-state index in [9.17, 15) is 19.5 Å². The highest BCUT2D eigenvalue weighted by Gasteiger charge is 2.30. The second-order valence-corrected chi connectivity index (χ2v) is 9.33. The third-order valence-electron chi connectivity index (χ3n) is 6.76. The second kappa shape index (κ2) is 11.6. The highest BCUT2D eigenvalue weighted by Crippen LogP contribution is 2.44. The average molecular weight is 522 g/mol. The van der Waals surface area contributed by atoms with Gasteiger partial charge in [-0.1, -0.05) is 91.0 Å². The first-order valence-corrected chi connectivity index (χ1v) is 12.6. The molecule has 4 aromatic carbocycles. The molecule has 1 atom stereocenters. The van der Waals surface area contributed by atoms with Crippen LogP contribution in [0.15, 0.2) is 103 Å². The number of amides is 1. The lowest BCUT2D eigenvalue weighted by atomic mass is 9.98. The largest absolute Gasteiger partial charge is 0.478 e. The molecule has 2 N–H and O–H groups in total. The van der Waals surface area contributed by atoms with Gasteiger partial charge in [-0.15, -0.1) is 0 Å². The minimum Gasteiger partial charge on any atom is -0.478 e. The van der Waals surface area contributed by atoms with Gasteiger partial charge in [0.2, 0.25) is 0 Å². The number of carbonyl (C=O) groups is 3. The van der Waals surface area contributed by atoms with E-state index in [1.165, 1.54) is 12.1 Å². The first kappa shape index (κ1) is 25.7. The standard InChI is InChI=1S/C32H27NO6/c34-30(35)23-12-8-11-22(17-23)18-29(31(36)38-19-21-9-2-1-3-10-21)33-32(37)39-20-28-26-15-6-4-13-24(26)25-14-5-7-16-27(25)28/h1-17,28-29H,18-20H2,(H,33,37)(H,34,35). The molecule has 196 valence electrons. The molecule has 5 rings (SSSR count). The van der Waals surface area contributed by atoms with Crippen LogP contribution < -0.4 is 5.32 Å². The monoisotopic (exact) mass is 521 g/mol. The van der Waals surface area contributed by atoms with Crippen molar-refractivity contribution in [1.29, 1.82) is 0 Å². The molecule has 0 fully saturated rings. The van der Waals surface area contributed by atoms with Crippen LogP contribution >= 0.6 is 0 Å². The van der Waals surface area contributed by atoms with Crippen molar-refractivity contribution in [1.82, 2.24) is 5.32 Å². The van der Waals surface area contributed by atoms with Crippen molar-refractivity contribution >= 4 is 18.0 Å². The molecule has 1 aliphatic carbocycles. The van der Waals surface area contributed by atoms with Crippen LogP contribution in [0.5, 0.6) is 0 Å². The number of hydrogen-bond acceptors (Lipinski definition) is 5. The number of fused-ring (bicyclic) bond motifs is 3. The summed E-state index contributed by atoms with van der Waals surface area (Å²) in [4.78, 5) is 37.4. The molecule has 0 aliphatic heterocycles. The summed E-state index contributed by atoms with van der Waals surface area (Å²) in [6, 6.07) is 30.4. The number of benzene rings is 4. The Hall–Kier alpha value is -4.91. The van der Waals surface area contributed by atoms with Crippen molar-refractivity contribution in [3.05, 3.63) is 131 Å². The Morgan fingerprint density at radius 2 is 1.36 bits per heavy atom. The van der Waals surface area contributed by atoms with E-state index in [1.54, 1.807) is 12.1 Å². The topological polar surface area (TPSA) is 102 Å². The molecule has 7 heteroatoms. The first-order chi connectivity index (χ1) is 19.0. The smallest absolute Gasteiger partial charge is 0.407 e. The summed E-state index contributed by atoms with van der Waals surface area (Å²) in [5, 5.41) is 12.0. The molecule has 0 aromatic heterocycles. The van der Waals surface area contributed by atoms with E-state index in [1.807, 2.05) is 66.7 Å². The van der Waals surface area contributed by atoms with Crippen LogP contribution in [0.2, 0.25) is 0 Å². The maximum absolute atomic E-state index is 13.1. The van der Waals surface area contributed by atoms with Gasteiger partial charge in [0.25, 0.3) is 0 Å². The highest BCUT2D eigenvalue weighted by atomic mass is 16.6. The third kappa shape index (κ3) is 5.99. The number of nitrogens with one attached hydrogen (secondary N) is 1. The fraction of sp³-hybridized carbons (Fsp3) is 0.156. The summed E-state index contributed by atoms with van der Waals surface area (Å²) in [6.45, 7) is 0.137. The van der Waals surface area contributed by atoms with Crippen LogP contribution in [0.4, 0.5) is 4.79 Å². The lowest BCUT2D eigenvalue weighted by Crippen LogP contribution is -2.44. The van der Waals surface area contributed by atoms with Gasteiger partial charge in [-0.2, -0.15) is 0 Å². The van der Waals surface area contributed by atoms with E-state index in [-0.39, 0.29) is 31.1 Å². The van der Waals surface area contributed by atoms with Crippen LogP contribution in [0.3, 0.4) is 0 Å². The third-order valence-corrected chi connectivity index (χ3v) is 6.76. The van der Waals surface area contributed by atoms with Crippen LogP contribution in [0, 0.1) is 0 Å². The predicted octanol–water partition coefficient (Wildman–Crippen LogP) is 5.58. The Bertz CT molecular complexity index is 1450. The lowest BCUT2D eigenvalue weighted by molar-refractivity contribution is -0.147. The van der Waals surface area contributed by atoms with Crippen molar-refractivity contribution < 1.29 is 29.0 Å². The molecule has 0 spiro atoms. The van der Waals surface area contributed by atoms with Gasteiger partial charge in [0.05, 0.1) is 5.56 Å². The lowest BCUT2D eigenvalue weighted by Gasteiger charge is -2.19. The van der Waals surface area contributed by atoms with Crippen molar-refractivity contribution in [2.45, 2.75) is 25.0 Å². The Morgan fingerprint density at radius 3 is 2.03 bits per heavy atom. The number of rotatable bonds is 9. The Kier molecular flexibility index (Phi) is 7.68. The number of hydrogen-bond donors (Lipinski definition) is 2. The maximum atomic E-state index is 13.1. The van der Waals surface area contributed by atoms with Gasteiger partial charge in [-0.25, -0.2) is 14.4 Å². The molecule has 39 heavy (non-hydrogen) atoms. The van der Waals surface area contributed by atoms with Gasteiger partial charge in [-0.3, -0.25) is 0 Å². The Labute approximate surface area is 226 Å². The number of carbonyl (C=O) groups excluding carboxylic acids is 2. The molecular weight excluding hydrogens is 494 g/mol. The molecule has 0 radical (unpaired) electrons. The quantitative estimate of drug-likeness (QED) is 0.279. The molecule has 7 nitrogen and oxygen atoms in total. The molecule has 0 saturated heterocycles.